The van der Waals surface area contributed by atoms with Crippen molar-refractivity contribution in [1.29, 1.82) is 10.5 Å². The van der Waals surface area contributed by atoms with Gasteiger partial charge in [0.15, 0.2) is 0 Å². The van der Waals surface area contributed by atoms with Crippen molar-refractivity contribution in [2.45, 2.75) is 24.9 Å². The molecule has 0 radical (unpaired) electrons. The number of carboxylic acid groups (broad SMARTS) is 1. The number of aliphatic carboxylic acids is 1. The van der Waals surface area contributed by atoms with E-state index in [1.807, 2.05) is 42.5 Å². The lowest BCUT2D eigenvalue weighted by atomic mass is 10.1. The number of nitrogens with one attached hydrogen (secondary N) is 1. The number of carbonyl (C=O) groups is 2. The van der Waals surface area contributed by atoms with Gasteiger partial charge in [0.25, 0.3) is 0 Å². The number of rotatable bonds is 7. The van der Waals surface area contributed by atoms with Gasteiger partial charge in [-0.1, -0.05) is 60.7 Å². The molecule has 0 aromatic heterocycles. The van der Waals surface area contributed by atoms with E-state index in [2.05, 4.69) is 5.32 Å². The molecule has 0 saturated heterocycles. The van der Waals surface area contributed by atoms with Gasteiger partial charge in [0.05, 0.1) is 25.0 Å². The van der Waals surface area contributed by atoms with Crippen molar-refractivity contribution in [3.8, 4) is 12.1 Å². The second-order valence-electron chi connectivity index (χ2n) is 8.78. The van der Waals surface area contributed by atoms with Crippen molar-refractivity contribution in [1.82, 2.24) is 5.32 Å². The fourth-order valence-corrected chi connectivity index (χ4v) is 3.48. The van der Waals surface area contributed by atoms with Gasteiger partial charge in [0.2, 0.25) is 5.91 Å². The van der Waals surface area contributed by atoms with Crippen molar-refractivity contribution >= 4 is 24.3 Å². The number of nitriles is 2. The van der Waals surface area contributed by atoms with Crippen LogP contribution in [0.25, 0.3) is 0 Å². The van der Waals surface area contributed by atoms with Crippen LogP contribution in [0.1, 0.15) is 34.3 Å². The number of benzene rings is 4. The first kappa shape index (κ1) is 36.8. The normalized spacial score (nSPS) is 10.9. The van der Waals surface area contributed by atoms with Gasteiger partial charge < -0.3 is 16.2 Å². The topological polar surface area (TPSA) is 140 Å². The highest BCUT2D eigenvalue weighted by Gasteiger charge is 2.15. The first-order chi connectivity index (χ1) is 20.5. The Labute approximate surface area is 257 Å². The van der Waals surface area contributed by atoms with Crippen LogP contribution >= 0.6 is 12.4 Å². The summed E-state index contributed by atoms with van der Waals surface area (Å²) in [7, 11) is 0. The molecule has 0 heterocycles. The monoisotopic (exact) mass is 626 g/mol. The molecule has 2 unspecified atom stereocenters. The maximum absolute atomic E-state index is 13.5. The molecule has 0 saturated carbocycles. The zero-order chi connectivity index (χ0) is 31.8. The van der Waals surface area contributed by atoms with Crippen LogP contribution in [0.15, 0.2) is 97.1 Å². The fraction of sp³-hybridized carbons (Fsp3) is 0.125. The number of carbonyl (C=O) groups excluding carboxylic acids is 1. The van der Waals surface area contributed by atoms with Crippen molar-refractivity contribution in [2.75, 3.05) is 0 Å². The highest BCUT2D eigenvalue weighted by atomic mass is 35.5. The molecule has 4 rings (SSSR count). The third-order valence-electron chi connectivity index (χ3n) is 5.57. The largest absolute Gasteiger partial charge is 0.481 e. The minimum absolute atomic E-state index is 0. The van der Waals surface area contributed by atoms with Crippen LogP contribution in [-0.4, -0.2) is 17.0 Å². The standard InChI is InChI=1S/C16H12F2N2O.C8H6F2O2.C8H8N2.ClH/c17-13-6-7-14(18)12(8-13)9-16(21)20-15(10-19)11-4-2-1-3-5-11;9-6-1-2-7(10)5(3-6)4-8(11)12;9-6-8(10)7-4-2-1-3-5-7;/h1-8,15H,9H2,(H,20,21);1-3H,4H2,(H,11,12);1-5,8H,10H2;1H. The maximum Gasteiger partial charge on any atom is 0.307 e. The minimum Gasteiger partial charge on any atom is -0.481 e. The number of halogens is 5. The lowest BCUT2D eigenvalue weighted by molar-refractivity contribution is -0.136. The van der Waals surface area contributed by atoms with Crippen LogP contribution in [0, 0.1) is 45.9 Å². The molecular weight excluding hydrogens is 600 g/mol. The van der Waals surface area contributed by atoms with E-state index in [0.29, 0.717) is 5.56 Å². The second-order valence-corrected chi connectivity index (χ2v) is 8.78. The number of hydrogen-bond donors (Lipinski definition) is 3. The second kappa shape index (κ2) is 19.1. The zero-order valence-corrected chi connectivity index (χ0v) is 23.8. The molecule has 12 heteroatoms. The Balaban J connectivity index is 0.000000358. The Morgan fingerprint density at radius 3 is 1.61 bits per heavy atom. The average molecular weight is 627 g/mol. The highest BCUT2D eigenvalue weighted by molar-refractivity contribution is 5.85. The van der Waals surface area contributed by atoms with E-state index in [-0.39, 0.29) is 30.0 Å². The Hall–Kier alpha value is -5.23. The van der Waals surface area contributed by atoms with Crippen molar-refractivity contribution in [3.63, 3.8) is 0 Å². The van der Waals surface area contributed by atoms with Crippen LogP contribution in [0.5, 0.6) is 0 Å². The molecule has 0 aliphatic rings. The molecular formula is C32H27ClF4N4O3. The molecule has 228 valence electrons. The quantitative estimate of drug-likeness (QED) is 0.211. The fourth-order valence-electron chi connectivity index (χ4n) is 3.48. The maximum atomic E-state index is 13.5. The summed E-state index contributed by atoms with van der Waals surface area (Å²) >= 11 is 0. The predicted octanol–water partition coefficient (Wildman–Crippen LogP) is 6.11. The molecule has 7 nitrogen and oxygen atoms in total. The zero-order valence-electron chi connectivity index (χ0n) is 23.0. The molecule has 0 spiro atoms. The number of carboxylic acids is 1. The van der Waals surface area contributed by atoms with Gasteiger partial charge in [0, 0.05) is 11.1 Å². The van der Waals surface area contributed by atoms with Gasteiger partial charge in [-0.2, -0.15) is 10.5 Å². The summed E-state index contributed by atoms with van der Waals surface area (Å²) in [6.45, 7) is 0. The average Bonchev–Trinajstić information content (AvgIpc) is 3.00. The van der Waals surface area contributed by atoms with E-state index in [1.54, 1.807) is 30.3 Å². The lowest BCUT2D eigenvalue weighted by Crippen LogP contribution is -2.29. The van der Waals surface area contributed by atoms with Gasteiger partial charge in [-0.3, -0.25) is 9.59 Å². The molecule has 4 N–H and O–H groups in total. The number of amides is 1. The van der Waals surface area contributed by atoms with Crippen LogP contribution in [0.4, 0.5) is 17.6 Å². The van der Waals surface area contributed by atoms with Gasteiger partial charge >= 0.3 is 5.97 Å². The molecule has 44 heavy (non-hydrogen) atoms. The first-order valence-electron chi connectivity index (χ1n) is 12.6. The summed E-state index contributed by atoms with van der Waals surface area (Å²) in [4.78, 5) is 22.0. The molecule has 0 aliphatic heterocycles. The molecule has 4 aromatic carbocycles. The van der Waals surface area contributed by atoms with Crippen molar-refractivity contribution < 1.29 is 32.3 Å². The third-order valence-corrected chi connectivity index (χ3v) is 5.57. The molecule has 0 fully saturated rings. The van der Waals surface area contributed by atoms with E-state index < -0.39 is 53.6 Å². The van der Waals surface area contributed by atoms with Gasteiger partial charge in [0.1, 0.15) is 35.4 Å². The summed E-state index contributed by atoms with van der Waals surface area (Å²) in [5.74, 6) is -4.32. The van der Waals surface area contributed by atoms with E-state index >= 15 is 0 Å². The summed E-state index contributed by atoms with van der Waals surface area (Å²) in [5, 5.41) is 28.3. The number of nitrogens with zero attached hydrogens (tertiary/aromatic N) is 2. The first-order valence-corrected chi connectivity index (χ1v) is 12.6. The number of nitrogens with two attached hydrogens (primary N) is 1. The molecule has 0 aliphatic carbocycles. The van der Waals surface area contributed by atoms with Gasteiger partial charge in [-0.05, 0) is 47.5 Å². The smallest absolute Gasteiger partial charge is 0.307 e. The Kier molecular flexibility index (Phi) is 15.9. The van der Waals surface area contributed by atoms with E-state index in [4.69, 9.17) is 21.4 Å². The molecule has 1 amide bonds. The summed E-state index contributed by atoms with van der Waals surface area (Å²) < 4.78 is 51.6. The Morgan fingerprint density at radius 1 is 0.727 bits per heavy atom. The van der Waals surface area contributed by atoms with E-state index in [9.17, 15) is 27.2 Å². The Morgan fingerprint density at radius 2 is 1.18 bits per heavy atom. The lowest BCUT2D eigenvalue weighted by Gasteiger charge is -2.12. The van der Waals surface area contributed by atoms with E-state index in [0.717, 1.165) is 42.0 Å². The summed E-state index contributed by atoms with van der Waals surface area (Å²) in [6.07, 6.45) is -0.821. The number of hydrogen-bond acceptors (Lipinski definition) is 5. The van der Waals surface area contributed by atoms with Gasteiger partial charge in [-0.25, -0.2) is 17.6 Å². The van der Waals surface area contributed by atoms with Crippen LogP contribution in [0.2, 0.25) is 0 Å². The molecule has 2 atom stereocenters. The van der Waals surface area contributed by atoms with Crippen LogP contribution in [0.3, 0.4) is 0 Å². The van der Waals surface area contributed by atoms with E-state index in [1.165, 1.54) is 0 Å². The molecule has 0 bridgehead atoms. The van der Waals surface area contributed by atoms with Crippen LogP contribution < -0.4 is 11.1 Å². The highest BCUT2D eigenvalue weighted by Crippen LogP contribution is 2.14. The van der Waals surface area contributed by atoms with Gasteiger partial charge in [-0.15, -0.1) is 12.4 Å². The Bertz CT molecular complexity index is 1600. The third kappa shape index (κ3) is 12.7. The molecule has 4 aromatic rings. The van der Waals surface area contributed by atoms with Crippen molar-refractivity contribution in [3.05, 3.63) is 143 Å². The van der Waals surface area contributed by atoms with Crippen LogP contribution in [-0.2, 0) is 22.4 Å². The van der Waals surface area contributed by atoms with Crippen molar-refractivity contribution in [2.24, 2.45) is 5.73 Å². The SMILES string of the molecule is Cl.N#CC(N)c1ccccc1.N#CC(NC(=O)Cc1cc(F)ccc1F)c1ccccc1.O=C(O)Cc1cc(F)ccc1F. The summed E-state index contributed by atoms with van der Waals surface area (Å²) in [6, 6.07) is 26.3. The summed E-state index contributed by atoms with van der Waals surface area (Å²) in [5.41, 5.74) is 6.75. The predicted molar refractivity (Wildman–Crippen MR) is 157 cm³/mol. The minimum atomic E-state index is -1.18.